The molecule has 1 aliphatic heterocycles. The second kappa shape index (κ2) is 7.95. The third-order valence-electron chi connectivity index (χ3n) is 4.02. The number of halogens is 1. The van der Waals surface area contributed by atoms with Crippen molar-refractivity contribution in [1.29, 1.82) is 0 Å². The molecule has 1 aliphatic rings. The van der Waals surface area contributed by atoms with Crippen LogP contribution in [-0.2, 0) is 0 Å². The lowest BCUT2D eigenvalue weighted by Crippen LogP contribution is -2.53. The Kier molecular flexibility index (Phi) is 6.16. The van der Waals surface area contributed by atoms with Gasteiger partial charge in [0.1, 0.15) is 5.75 Å². The number of nitrogens with zero attached hydrogens (tertiary/aromatic N) is 2. The first-order valence-electron chi connectivity index (χ1n) is 8.37. The van der Waals surface area contributed by atoms with Crippen molar-refractivity contribution in [3.05, 3.63) is 28.8 Å². The molecule has 1 heterocycles. The number of methoxy groups -OCH3 is 1. The van der Waals surface area contributed by atoms with E-state index in [1.807, 2.05) is 0 Å². The maximum atomic E-state index is 12.7. The van der Waals surface area contributed by atoms with Gasteiger partial charge in [-0.05, 0) is 23.6 Å². The zero-order valence-electron chi connectivity index (χ0n) is 15.3. The Labute approximate surface area is 154 Å². The summed E-state index contributed by atoms with van der Waals surface area (Å²) in [5, 5.41) is 3.43. The molecule has 1 N–H and O–H groups in total. The minimum atomic E-state index is -0.130. The predicted molar refractivity (Wildman–Crippen MR) is 98.3 cm³/mol. The van der Waals surface area contributed by atoms with Crippen LogP contribution in [0.1, 0.15) is 31.1 Å². The van der Waals surface area contributed by atoms with Crippen molar-refractivity contribution in [1.82, 2.24) is 15.1 Å². The van der Waals surface area contributed by atoms with E-state index < -0.39 is 0 Å². The van der Waals surface area contributed by atoms with Gasteiger partial charge < -0.3 is 19.9 Å². The van der Waals surface area contributed by atoms with Crippen LogP contribution in [-0.4, -0.2) is 61.6 Å². The van der Waals surface area contributed by atoms with Gasteiger partial charge in [-0.3, -0.25) is 4.79 Å². The smallest absolute Gasteiger partial charge is 0.317 e. The number of urea groups is 1. The second-order valence-electron chi connectivity index (χ2n) is 7.34. The third kappa shape index (κ3) is 5.26. The number of hydrogen-bond acceptors (Lipinski definition) is 3. The molecule has 0 saturated carbocycles. The van der Waals surface area contributed by atoms with E-state index in [9.17, 15) is 9.59 Å². The van der Waals surface area contributed by atoms with Gasteiger partial charge in [-0.1, -0.05) is 32.4 Å². The molecule has 1 aromatic carbocycles. The van der Waals surface area contributed by atoms with Gasteiger partial charge in [0.15, 0.2) is 0 Å². The van der Waals surface area contributed by atoms with Crippen LogP contribution in [0.25, 0.3) is 0 Å². The fourth-order valence-electron chi connectivity index (χ4n) is 2.58. The SMILES string of the molecule is COc1ccc(Cl)cc1C(=O)N1CCN(C(=O)NCC(C)(C)C)CC1. The Morgan fingerprint density at radius 1 is 1.16 bits per heavy atom. The van der Waals surface area contributed by atoms with Crippen molar-refractivity contribution in [3.8, 4) is 5.75 Å². The van der Waals surface area contributed by atoms with Gasteiger partial charge in [-0.25, -0.2) is 4.79 Å². The van der Waals surface area contributed by atoms with Gasteiger partial charge in [0, 0.05) is 37.7 Å². The third-order valence-corrected chi connectivity index (χ3v) is 4.25. The molecule has 1 fully saturated rings. The van der Waals surface area contributed by atoms with Crippen molar-refractivity contribution >= 4 is 23.5 Å². The first-order chi connectivity index (χ1) is 11.7. The van der Waals surface area contributed by atoms with Crippen LogP contribution in [0, 0.1) is 5.41 Å². The number of carbonyl (C=O) groups excluding carboxylic acids is 2. The van der Waals surface area contributed by atoms with Gasteiger partial charge in [0.05, 0.1) is 12.7 Å². The Morgan fingerprint density at radius 2 is 1.76 bits per heavy atom. The van der Waals surface area contributed by atoms with Crippen LogP contribution >= 0.6 is 11.6 Å². The molecule has 0 aliphatic carbocycles. The molecule has 2 rings (SSSR count). The van der Waals surface area contributed by atoms with E-state index in [1.165, 1.54) is 7.11 Å². The topological polar surface area (TPSA) is 61.9 Å². The molecule has 1 saturated heterocycles. The van der Waals surface area contributed by atoms with Crippen LogP contribution in [0.5, 0.6) is 5.75 Å². The number of ether oxygens (including phenoxy) is 1. The van der Waals surface area contributed by atoms with E-state index in [1.54, 1.807) is 28.0 Å². The van der Waals surface area contributed by atoms with E-state index in [0.29, 0.717) is 49.1 Å². The molecule has 1 aromatic rings. The normalized spacial score (nSPS) is 15.1. The highest BCUT2D eigenvalue weighted by molar-refractivity contribution is 6.31. The summed E-state index contributed by atoms with van der Waals surface area (Å²) in [5.74, 6) is 0.369. The van der Waals surface area contributed by atoms with Crippen LogP contribution in [0.15, 0.2) is 18.2 Å². The summed E-state index contributed by atoms with van der Waals surface area (Å²) in [6.07, 6.45) is 0. The highest BCUT2D eigenvalue weighted by Crippen LogP contribution is 2.24. The highest BCUT2D eigenvalue weighted by Gasteiger charge is 2.27. The lowest BCUT2D eigenvalue weighted by Gasteiger charge is -2.35. The van der Waals surface area contributed by atoms with Gasteiger partial charge >= 0.3 is 6.03 Å². The maximum Gasteiger partial charge on any atom is 0.317 e. The molecule has 138 valence electrons. The van der Waals surface area contributed by atoms with E-state index in [4.69, 9.17) is 16.3 Å². The Hall–Kier alpha value is -1.95. The molecule has 0 unspecified atom stereocenters. The van der Waals surface area contributed by atoms with Crippen LogP contribution in [0.4, 0.5) is 4.79 Å². The summed E-state index contributed by atoms with van der Waals surface area (Å²) in [7, 11) is 1.53. The molecule has 25 heavy (non-hydrogen) atoms. The van der Waals surface area contributed by atoms with Crippen LogP contribution in [0.3, 0.4) is 0 Å². The van der Waals surface area contributed by atoms with E-state index in [-0.39, 0.29) is 17.4 Å². The monoisotopic (exact) mass is 367 g/mol. The Bertz CT molecular complexity index is 635. The Balaban J connectivity index is 1.95. The number of rotatable bonds is 3. The van der Waals surface area contributed by atoms with Gasteiger partial charge in [-0.2, -0.15) is 0 Å². The lowest BCUT2D eigenvalue weighted by molar-refractivity contribution is 0.0661. The van der Waals surface area contributed by atoms with Crippen LogP contribution < -0.4 is 10.1 Å². The summed E-state index contributed by atoms with van der Waals surface area (Å²) in [4.78, 5) is 28.4. The highest BCUT2D eigenvalue weighted by atomic mass is 35.5. The minimum Gasteiger partial charge on any atom is -0.496 e. The number of hydrogen-bond donors (Lipinski definition) is 1. The molecular formula is C18H26ClN3O3. The lowest BCUT2D eigenvalue weighted by atomic mass is 9.97. The molecule has 0 aromatic heterocycles. The van der Waals surface area contributed by atoms with E-state index in [0.717, 1.165) is 0 Å². The average molecular weight is 368 g/mol. The van der Waals surface area contributed by atoms with Crippen LogP contribution in [0.2, 0.25) is 5.02 Å². The molecule has 7 heteroatoms. The average Bonchev–Trinajstić information content (AvgIpc) is 2.58. The molecule has 0 bridgehead atoms. The molecule has 3 amide bonds. The molecule has 6 nitrogen and oxygen atoms in total. The summed E-state index contributed by atoms with van der Waals surface area (Å²) in [6, 6.07) is 4.91. The minimum absolute atomic E-state index is 0.0383. The van der Waals surface area contributed by atoms with Crippen molar-refractivity contribution in [2.24, 2.45) is 5.41 Å². The molecular weight excluding hydrogens is 342 g/mol. The molecule has 0 spiro atoms. The number of amides is 3. The van der Waals surface area contributed by atoms with Crippen molar-refractivity contribution < 1.29 is 14.3 Å². The van der Waals surface area contributed by atoms with Gasteiger partial charge in [-0.15, -0.1) is 0 Å². The van der Waals surface area contributed by atoms with E-state index in [2.05, 4.69) is 26.1 Å². The summed E-state index contributed by atoms with van der Waals surface area (Å²) >= 11 is 6.01. The summed E-state index contributed by atoms with van der Waals surface area (Å²) < 4.78 is 5.25. The molecule has 0 radical (unpaired) electrons. The van der Waals surface area contributed by atoms with Crippen molar-refractivity contribution in [2.45, 2.75) is 20.8 Å². The molecule has 0 atom stereocenters. The first-order valence-corrected chi connectivity index (χ1v) is 8.74. The second-order valence-corrected chi connectivity index (χ2v) is 7.78. The zero-order valence-corrected chi connectivity index (χ0v) is 16.0. The van der Waals surface area contributed by atoms with E-state index >= 15 is 0 Å². The number of benzene rings is 1. The standard InChI is InChI=1S/C18H26ClN3O3/c1-18(2,3)12-20-17(24)22-9-7-21(8-10-22)16(23)14-11-13(19)5-6-15(14)25-4/h5-6,11H,7-10,12H2,1-4H3,(H,20,24). The van der Waals surface area contributed by atoms with Crippen molar-refractivity contribution in [3.63, 3.8) is 0 Å². The fraction of sp³-hybridized carbons (Fsp3) is 0.556. The number of nitrogens with one attached hydrogen (secondary N) is 1. The number of piperazine rings is 1. The summed E-state index contributed by atoms with van der Waals surface area (Å²) in [6.45, 7) is 8.81. The Morgan fingerprint density at radius 3 is 2.32 bits per heavy atom. The quantitative estimate of drug-likeness (QED) is 0.893. The fourth-order valence-corrected chi connectivity index (χ4v) is 2.75. The maximum absolute atomic E-state index is 12.7. The van der Waals surface area contributed by atoms with Gasteiger partial charge in [0.2, 0.25) is 0 Å². The number of carbonyl (C=O) groups is 2. The largest absolute Gasteiger partial charge is 0.496 e. The predicted octanol–water partition coefficient (Wildman–Crippen LogP) is 2.86. The zero-order chi connectivity index (χ0) is 18.6. The van der Waals surface area contributed by atoms with Crippen molar-refractivity contribution in [2.75, 3.05) is 39.8 Å². The first kappa shape index (κ1) is 19.4. The van der Waals surface area contributed by atoms with Gasteiger partial charge in [0.25, 0.3) is 5.91 Å². The summed E-state index contributed by atoms with van der Waals surface area (Å²) in [5.41, 5.74) is 0.483.